The van der Waals surface area contributed by atoms with E-state index in [-0.39, 0.29) is 11.7 Å². The number of piperidine rings is 1. The van der Waals surface area contributed by atoms with Crippen molar-refractivity contribution in [2.75, 3.05) is 33.4 Å². The summed E-state index contributed by atoms with van der Waals surface area (Å²) in [6.07, 6.45) is 2.76. The molecule has 1 N–H and O–H groups in total. The topological polar surface area (TPSA) is 41.6 Å². The number of nitrogens with zero attached hydrogens (tertiary/aromatic N) is 1. The molecule has 0 aromatic heterocycles. The van der Waals surface area contributed by atoms with Gasteiger partial charge in [0.05, 0.1) is 6.61 Å². The van der Waals surface area contributed by atoms with Gasteiger partial charge in [-0.3, -0.25) is 4.79 Å². The first-order valence-corrected chi connectivity index (χ1v) is 9.30. The number of halogens is 2. The van der Waals surface area contributed by atoms with E-state index in [0.717, 1.165) is 31.5 Å². The average Bonchev–Trinajstić information content (AvgIpc) is 2.61. The molecule has 1 saturated heterocycles. The van der Waals surface area contributed by atoms with Crippen LogP contribution in [0.15, 0.2) is 18.2 Å². The van der Waals surface area contributed by atoms with Gasteiger partial charge in [-0.2, -0.15) is 0 Å². The van der Waals surface area contributed by atoms with Gasteiger partial charge in [0.25, 0.3) is 0 Å². The molecule has 0 aliphatic carbocycles. The van der Waals surface area contributed by atoms with Crippen LogP contribution in [0, 0.1) is 17.7 Å². The standard InChI is InChI=1S/C19H28ClFN2O2/c1-14(15-5-7-22-8-6-15)11-19(24)23(9-10-25-2)13-16-3-4-17(21)12-18(16)20/h3-4,12,14-15,22H,5-11,13H2,1-2H3. The van der Waals surface area contributed by atoms with Crippen LogP contribution in [0.1, 0.15) is 31.7 Å². The first kappa shape index (κ1) is 20.1. The lowest BCUT2D eigenvalue weighted by atomic mass is 9.84. The molecule has 1 aromatic carbocycles. The third kappa shape index (κ3) is 6.24. The molecule has 0 saturated carbocycles. The van der Waals surface area contributed by atoms with Crippen LogP contribution < -0.4 is 5.32 Å². The zero-order chi connectivity index (χ0) is 18.2. The Kier molecular flexibility index (Phi) is 8.13. The Balaban J connectivity index is 2.00. The third-order valence-corrected chi connectivity index (χ3v) is 5.33. The minimum Gasteiger partial charge on any atom is -0.383 e. The fraction of sp³-hybridized carbons (Fsp3) is 0.632. The highest BCUT2D eigenvalue weighted by molar-refractivity contribution is 6.31. The number of rotatable bonds is 8. The van der Waals surface area contributed by atoms with Crippen molar-refractivity contribution in [3.05, 3.63) is 34.6 Å². The molecule has 0 radical (unpaired) electrons. The number of methoxy groups -OCH3 is 1. The summed E-state index contributed by atoms with van der Waals surface area (Å²) < 4.78 is 18.4. The van der Waals surface area contributed by atoms with E-state index in [1.165, 1.54) is 12.1 Å². The Morgan fingerprint density at radius 2 is 2.16 bits per heavy atom. The van der Waals surface area contributed by atoms with Crippen molar-refractivity contribution < 1.29 is 13.9 Å². The lowest BCUT2D eigenvalue weighted by Crippen LogP contribution is -2.37. The normalized spacial score (nSPS) is 16.6. The molecule has 2 rings (SSSR count). The van der Waals surface area contributed by atoms with Gasteiger partial charge < -0.3 is 15.0 Å². The monoisotopic (exact) mass is 370 g/mol. The summed E-state index contributed by atoms with van der Waals surface area (Å²) in [6, 6.07) is 4.30. The smallest absolute Gasteiger partial charge is 0.223 e. The Hall–Kier alpha value is -1.17. The number of hydrogen-bond donors (Lipinski definition) is 1. The Morgan fingerprint density at radius 1 is 1.44 bits per heavy atom. The number of ether oxygens (including phenoxy) is 1. The summed E-state index contributed by atoms with van der Waals surface area (Å²) >= 11 is 6.12. The third-order valence-electron chi connectivity index (χ3n) is 4.98. The van der Waals surface area contributed by atoms with E-state index >= 15 is 0 Å². The summed E-state index contributed by atoms with van der Waals surface area (Å²) in [6.45, 7) is 5.56. The number of amides is 1. The average molecular weight is 371 g/mol. The fourth-order valence-corrected chi connectivity index (χ4v) is 3.56. The van der Waals surface area contributed by atoms with Crippen LogP contribution in [0.5, 0.6) is 0 Å². The SMILES string of the molecule is COCCN(Cc1ccc(F)cc1Cl)C(=O)CC(C)C1CCNCC1. The van der Waals surface area contributed by atoms with Gasteiger partial charge >= 0.3 is 0 Å². The van der Waals surface area contributed by atoms with E-state index in [2.05, 4.69) is 12.2 Å². The first-order valence-electron chi connectivity index (χ1n) is 8.92. The molecular weight excluding hydrogens is 343 g/mol. The van der Waals surface area contributed by atoms with Gasteiger partial charge in [0.2, 0.25) is 5.91 Å². The van der Waals surface area contributed by atoms with Crippen molar-refractivity contribution in [1.82, 2.24) is 10.2 Å². The highest BCUT2D eigenvalue weighted by Gasteiger charge is 2.24. The fourth-order valence-electron chi connectivity index (χ4n) is 3.33. The van der Waals surface area contributed by atoms with Crippen LogP contribution in [0.25, 0.3) is 0 Å². The van der Waals surface area contributed by atoms with Crippen molar-refractivity contribution in [3.8, 4) is 0 Å². The minimum atomic E-state index is -0.372. The molecule has 0 spiro atoms. The maximum atomic E-state index is 13.2. The number of carbonyl (C=O) groups is 1. The van der Waals surface area contributed by atoms with Crippen molar-refractivity contribution in [1.29, 1.82) is 0 Å². The van der Waals surface area contributed by atoms with E-state index in [9.17, 15) is 9.18 Å². The van der Waals surface area contributed by atoms with Gasteiger partial charge in [-0.25, -0.2) is 4.39 Å². The molecule has 140 valence electrons. The largest absolute Gasteiger partial charge is 0.383 e. The van der Waals surface area contributed by atoms with E-state index in [1.807, 2.05) is 0 Å². The summed E-state index contributed by atoms with van der Waals surface area (Å²) in [5.41, 5.74) is 0.752. The molecule has 1 unspecified atom stereocenters. The minimum absolute atomic E-state index is 0.100. The van der Waals surface area contributed by atoms with Crippen LogP contribution in [-0.2, 0) is 16.1 Å². The van der Waals surface area contributed by atoms with Crippen LogP contribution in [0.4, 0.5) is 4.39 Å². The molecule has 25 heavy (non-hydrogen) atoms. The van der Waals surface area contributed by atoms with E-state index in [0.29, 0.717) is 43.0 Å². The van der Waals surface area contributed by atoms with Gasteiger partial charge in [0, 0.05) is 31.6 Å². The quantitative estimate of drug-likeness (QED) is 0.761. The second-order valence-electron chi connectivity index (χ2n) is 6.81. The molecule has 1 aromatic rings. The number of benzene rings is 1. The number of nitrogens with one attached hydrogen (secondary N) is 1. The Labute approximate surface area is 154 Å². The Bertz CT molecular complexity index is 564. The number of hydrogen-bond acceptors (Lipinski definition) is 3. The molecule has 1 aliphatic heterocycles. The molecule has 6 heteroatoms. The second-order valence-corrected chi connectivity index (χ2v) is 7.22. The van der Waals surface area contributed by atoms with E-state index < -0.39 is 0 Å². The summed E-state index contributed by atoms with van der Waals surface area (Å²) in [7, 11) is 1.62. The second kappa shape index (κ2) is 10.1. The van der Waals surface area contributed by atoms with Crippen LogP contribution in [0.2, 0.25) is 5.02 Å². The molecule has 1 heterocycles. The van der Waals surface area contributed by atoms with E-state index in [4.69, 9.17) is 16.3 Å². The number of carbonyl (C=O) groups excluding carboxylic acids is 1. The Morgan fingerprint density at radius 3 is 2.80 bits per heavy atom. The molecule has 1 fully saturated rings. The van der Waals surface area contributed by atoms with Crippen molar-refractivity contribution in [2.45, 2.75) is 32.7 Å². The molecule has 1 amide bonds. The zero-order valence-electron chi connectivity index (χ0n) is 15.1. The first-order chi connectivity index (χ1) is 12.0. The zero-order valence-corrected chi connectivity index (χ0v) is 15.8. The van der Waals surface area contributed by atoms with Crippen molar-refractivity contribution in [2.24, 2.45) is 11.8 Å². The maximum absolute atomic E-state index is 13.2. The van der Waals surface area contributed by atoms with E-state index in [1.54, 1.807) is 18.1 Å². The molecule has 1 aliphatic rings. The molecule has 0 bridgehead atoms. The summed E-state index contributed by atoms with van der Waals surface area (Å²) in [5, 5.41) is 3.71. The van der Waals surface area contributed by atoms with Gasteiger partial charge in [-0.15, -0.1) is 0 Å². The highest BCUT2D eigenvalue weighted by Crippen LogP contribution is 2.26. The molecule has 4 nitrogen and oxygen atoms in total. The van der Waals surface area contributed by atoms with Crippen LogP contribution in [-0.4, -0.2) is 44.2 Å². The van der Waals surface area contributed by atoms with Crippen LogP contribution in [0.3, 0.4) is 0 Å². The van der Waals surface area contributed by atoms with Crippen LogP contribution >= 0.6 is 11.6 Å². The van der Waals surface area contributed by atoms with Gasteiger partial charge in [-0.05, 0) is 55.5 Å². The predicted molar refractivity (Wildman–Crippen MR) is 98.1 cm³/mol. The van der Waals surface area contributed by atoms with Gasteiger partial charge in [0.15, 0.2) is 0 Å². The lowest BCUT2D eigenvalue weighted by molar-refractivity contribution is -0.133. The van der Waals surface area contributed by atoms with Crippen molar-refractivity contribution >= 4 is 17.5 Å². The predicted octanol–water partition coefficient (Wildman–Crippen LogP) is 3.48. The van der Waals surface area contributed by atoms with Crippen molar-refractivity contribution in [3.63, 3.8) is 0 Å². The summed E-state index contributed by atoms with van der Waals surface area (Å²) in [4.78, 5) is 14.6. The summed E-state index contributed by atoms with van der Waals surface area (Å²) in [5.74, 6) is 0.666. The van der Waals surface area contributed by atoms with Gasteiger partial charge in [0.1, 0.15) is 5.82 Å². The highest BCUT2D eigenvalue weighted by atomic mass is 35.5. The maximum Gasteiger partial charge on any atom is 0.223 e. The lowest BCUT2D eigenvalue weighted by Gasteiger charge is -2.30. The molecule has 1 atom stereocenters. The van der Waals surface area contributed by atoms with Gasteiger partial charge in [-0.1, -0.05) is 24.6 Å². The molecular formula is C19H28ClFN2O2.